The van der Waals surface area contributed by atoms with Crippen LogP contribution in [0.4, 0.5) is 22.0 Å². The molecule has 0 aliphatic rings. The van der Waals surface area contributed by atoms with Crippen molar-refractivity contribution in [3.63, 3.8) is 0 Å². The van der Waals surface area contributed by atoms with E-state index in [2.05, 4.69) is 0 Å². The minimum Gasteiger partial charge on any atom is -0.374 e. The lowest BCUT2D eigenvalue weighted by Crippen LogP contribution is -2.55. The summed E-state index contributed by atoms with van der Waals surface area (Å²) in [6.45, 7) is 0. The normalized spacial score (nSPS) is 15.4. The van der Waals surface area contributed by atoms with Crippen molar-refractivity contribution < 1.29 is 27.1 Å². The average Bonchev–Trinajstić information content (AvgIpc) is 2.46. The Kier molecular flexibility index (Phi) is 4.49. The number of rotatable bonds is 3. The van der Waals surface area contributed by atoms with Crippen LogP contribution >= 0.6 is 22.6 Å². The van der Waals surface area contributed by atoms with Gasteiger partial charge in [0.15, 0.2) is 5.60 Å². The van der Waals surface area contributed by atoms with Crippen LogP contribution in [0.1, 0.15) is 11.1 Å². The molecule has 0 saturated heterocycles. The standard InChI is InChI=1S/C15H10F5IO/c16-14(17,15(18,19)20)13(22,10-5-2-1-3-6-10)11-7-4-8-12(21)9-11/h1-9,22H. The number of benzene rings is 2. The van der Waals surface area contributed by atoms with Crippen LogP contribution in [0.5, 0.6) is 0 Å². The van der Waals surface area contributed by atoms with Gasteiger partial charge in [-0.15, -0.1) is 0 Å². The van der Waals surface area contributed by atoms with E-state index < -0.39 is 28.8 Å². The van der Waals surface area contributed by atoms with Gasteiger partial charge in [-0.25, -0.2) is 0 Å². The molecule has 0 bridgehead atoms. The third kappa shape index (κ3) is 2.71. The van der Waals surface area contributed by atoms with Crippen molar-refractivity contribution in [3.05, 3.63) is 69.3 Å². The summed E-state index contributed by atoms with van der Waals surface area (Å²) in [5.74, 6) is -5.36. The molecule has 0 aromatic heterocycles. The zero-order valence-corrected chi connectivity index (χ0v) is 13.1. The smallest absolute Gasteiger partial charge is 0.374 e. The van der Waals surface area contributed by atoms with Crippen molar-refractivity contribution in [2.24, 2.45) is 0 Å². The molecule has 0 spiro atoms. The van der Waals surface area contributed by atoms with Gasteiger partial charge in [0.1, 0.15) is 0 Å². The van der Waals surface area contributed by atoms with E-state index in [-0.39, 0.29) is 0 Å². The van der Waals surface area contributed by atoms with Crippen LogP contribution in [0, 0.1) is 3.57 Å². The molecule has 0 radical (unpaired) electrons. The first kappa shape index (κ1) is 17.1. The van der Waals surface area contributed by atoms with Crippen molar-refractivity contribution in [1.29, 1.82) is 0 Å². The van der Waals surface area contributed by atoms with Gasteiger partial charge in [-0.1, -0.05) is 42.5 Å². The van der Waals surface area contributed by atoms with Gasteiger partial charge in [-0.2, -0.15) is 22.0 Å². The molecule has 0 heterocycles. The Hall–Kier alpha value is -1.22. The van der Waals surface area contributed by atoms with Crippen LogP contribution in [0.2, 0.25) is 0 Å². The Bertz CT molecular complexity index is 656. The Balaban J connectivity index is 2.76. The highest BCUT2D eigenvalue weighted by Gasteiger charge is 2.71. The maximum atomic E-state index is 14.1. The van der Waals surface area contributed by atoms with E-state index in [0.717, 1.165) is 24.3 Å². The van der Waals surface area contributed by atoms with Gasteiger partial charge in [0.25, 0.3) is 0 Å². The summed E-state index contributed by atoms with van der Waals surface area (Å²) in [6.07, 6.45) is -5.90. The first-order valence-corrected chi connectivity index (χ1v) is 7.17. The third-order valence-electron chi connectivity index (χ3n) is 3.24. The van der Waals surface area contributed by atoms with Gasteiger partial charge in [-0.3, -0.25) is 0 Å². The number of halogens is 6. The maximum absolute atomic E-state index is 14.1. The highest BCUT2D eigenvalue weighted by molar-refractivity contribution is 14.1. The fourth-order valence-electron chi connectivity index (χ4n) is 2.13. The number of hydrogen-bond acceptors (Lipinski definition) is 1. The fraction of sp³-hybridized carbons (Fsp3) is 0.200. The van der Waals surface area contributed by atoms with E-state index in [1.54, 1.807) is 22.6 Å². The van der Waals surface area contributed by atoms with E-state index >= 15 is 0 Å². The molecule has 1 N–H and O–H groups in total. The molecule has 0 amide bonds. The molecule has 0 aliphatic heterocycles. The molecule has 22 heavy (non-hydrogen) atoms. The number of aliphatic hydroxyl groups is 1. The topological polar surface area (TPSA) is 20.2 Å². The van der Waals surface area contributed by atoms with Gasteiger partial charge in [-0.05, 0) is 45.9 Å². The van der Waals surface area contributed by atoms with Crippen LogP contribution < -0.4 is 0 Å². The molecule has 0 fully saturated rings. The Morgan fingerprint density at radius 1 is 0.773 bits per heavy atom. The molecule has 118 valence electrons. The average molecular weight is 428 g/mol. The summed E-state index contributed by atoms with van der Waals surface area (Å²) in [4.78, 5) is 0. The summed E-state index contributed by atoms with van der Waals surface area (Å²) in [5.41, 5.74) is -4.56. The van der Waals surface area contributed by atoms with Crippen molar-refractivity contribution in [3.8, 4) is 0 Å². The predicted molar refractivity (Wildman–Crippen MR) is 79.6 cm³/mol. The molecular weight excluding hydrogens is 418 g/mol. The summed E-state index contributed by atoms with van der Waals surface area (Å²) < 4.78 is 67.3. The van der Waals surface area contributed by atoms with Crippen LogP contribution in [0.15, 0.2) is 54.6 Å². The highest BCUT2D eigenvalue weighted by atomic mass is 127. The Morgan fingerprint density at radius 2 is 1.32 bits per heavy atom. The zero-order valence-electron chi connectivity index (χ0n) is 10.9. The molecule has 0 aliphatic carbocycles. The second-order valence-corrected chi connectivity index (χ2v) is 5.90. The molecule has 1 atom stereocenters. The Labute approximate surface area is 136 Å². The molecule has 1 nitrogen and oxygen atoms in total. The van der Waals surface area contributed by atoms with E-state index in [0.29, 0.717) is 3.57 Å². The second-order valence-electron chi connectivity index (χ2n) is 4.66. The molecule has 7 heteroatoms. The molecule has 2 rings (SSSR count). The van der Waals surface area contributed by atoms with Gasteiger partial charge >= 0.3 is 12.1 Å². The monoisotopic (exact) mass is 428 g/mol. The lowest BCUT2D eigenvalue weighted by Gasteiger charge is -2.37. The second kappa shape index (κ2) is 5.77. The van der Waals surface area contributed by atoms with Gasteiger partial charge < -0.3 is 5.11 Å². The van der Waals surface area contributed by atoms with Crippen molar-refractivity contribution in [1.82, 2.24) is 0 Å². The van der Waals surface area contributed by atoms with Crippen LogP contribution in [-0.4, -0.2) is 17.2 Å². The van der Waals surface area contributed by atoms with Gasteiger partial charge in [0, 0.05) is 3.57 Å². The van der Waals surface area contributed by atoms with E-state index in [1.807, 2.05) is 0 Å². The molecule has 1 unspecified atom stereocenters. The lowest BCUT2D eigenvalue weighted by molar-refractivity contribution is -0.336. The number of alkyl halides is 5. The quantitative estimate of drug-likeness (QED) is 0.554. The van der Waals surface area contributed by atoms with E-state index in [9.17, 15) is 27.1 Å². The summed E-state index contributed by atoms with van der Waals surface area (Å²) in [7, 11) is 0. The third-order valence-corrected chi connectivity index (χ3v) is 3.92. The first-order valence-electron chi connectivity index (χ1n) is 6.09. The summed E-state index contributed by atoms with van der Waals surface area (Å²) >= 11 is 1.78. The summed E-state index contributed by atoms with van der Waals surface area (Å²) in [5, 5.41) is 10.5. The van der Waals surface area contributed by atoms with Crippen molar-refractivity contribution in [2.45, 2.75) is 17.7 Å². The van der Waals surface area contributed by atoms with E-state index in [1.165, 1.54) is 30.3 Å². The zero-order chi connectivity index (χ0) is 16.6. The largest absolute Gasteiger partial charge is 0.457 e. The SMILES string of the molecule is OC(c1ccccc1)(c1cccc(I)c1)C(F)(F)C(F)(F)F. The predicted octanol–water partition coefficient (Wildman–Crippen LogP) is 4.72. The van der Waals surface area contributed by atoms with Gasteiger partial charge in [0.05, 0.1) is 0 Å². The first-order chi connectivity index (χ1) is 10.1. The number of hydrogen-bond donors (Lipinski definition) is 1. The van der Waals surface area contributed by atoms with Crippen LogP contribution in [0.25, 0.3) is 0 Å². The minimum absolute atomic E-state index is 0.433. The lowest BCUT2D eigenvalue weighted by atomic mass is 9.80. The van der Waals surface area contributed by atoms with Crippen molar-refractivity contribution >= 4 is 22.6 Å². The van der Waals surface area contributed by atoms with Crippen LogP contribution in [-0.2, 0) is 5.60 Å². The minimum atomic E-state index is -5.90. The van der Waals surface area contributed by atoms with Crippen molar-refractivity contribution in [2.75, 3.05) is 0 Å². The highest BCUT2D eigenvalue weighted by Crippen LogP contribution is 2.51. The molecule has 0 saturated carbocycles. The van der Waals surface area contributed by atoms with Crippen LogP contribution in [0.3, 0.4) is 0 Å². The summed E-state index contributed by atoms with van der Waals surface area (Å²) in [6, 6.07) is 11.1. The Morgan fingerprint density at radius 3 is 1.82 bits per heavy atom. The molecular formula is C15H10F5IO. The fourth-order valence-corrected chi connectivity index (χ4v) is 2.67. The van der Waals surface area contributed by atoms with E-state index in [4.69, 9.17) is 0 Å². The maximum Gasteiger partial charge on any atom is 0.457 e. The molecule has 2 aromatic rings. The molecule has 2 aromatic carbocycles. The van der Waals surface area contributed by atoms with Gasteiger partial charge in [0.2, 0.25) is 0 Å².